The summed E-state index contributed by atoms with van der Waals surface area (Å²) in [5.74, 6) is -0.678. The Kier molecular flexibility index (Phi) is 7.32. The van der Waals surface area contributed by atoms with E-state index in [1.54, 1.807) is 24.3 Å². The second-order valence-electron chi connectivity index (χ2n) is 4.30. The van der Waals surface area contributed by atoms with E-state index in [-0.39, 0.29) is 0 Å². The van der Waals surface area contributed by atoms with E-state index in [0.717, 1.165) is 10.6 Å². The van der Waals surface area contributed by atoms with Crippen LogP contribution in [-0.4, -0.2) is 28.8 Å². The van der Waals surface area contributed by atoms with E-state index in [1.165, 1.54) is 11.8 Å². The van der Waals surface area contributed by atoms with Crippen LogP contribution in [0.1, 0.15) is 30.1 Å². The lowest BCUT2D eigenvalue weighted by molar-refractivity contribution is -0.139. The Morgan fingerprint density at radius 2 is 2.24 bits per heavy atom. The van der Waals surface area contributed by atoms with Crippen LogP contribution < -0.4 is 5.32 Å². The summed E-state index contributed by atoms with van der Waals surface area (Å²) >= 11 is 7.43. The van der Waals surface area contributed by atoms with E-state index in [9.17, 15) is 9.59 Å². The maximum Gasteiger partial charge on any atom is 0.326 e. The standard InChI is InChI=1S/C15H18ClNO3S/c1-3-5-6-12(15(19)20)17-14(18)11-9-10(16)7-8-13(11)21-4-2/h3,7-9,12H,1,4-6H2,2H3,(H,17,18)(H,19,20). The maximum absolute atomic E-state index is 12.3. The van der Waals surface area contributed by atoms with Gasteiger partial charge in [0.25, 0.3) is 5.91 Å². The summed E-state index contributed by atoms with van der Waals surface area (Å²) in [6, 6.07) is 4.10. The van der Waals surface area contributed by atoms with Gasteiger partial charge < -0.3 is 10.4 Å². The molecule has 0 heterocycles. The van der Waals surface area contributed by atoms with Gasteiger partial charge in [0.15, 0.2) is 0 Å². The Balaban J connectivity index is 2.93. The molecular formula is C15H18ClNO3S. The van der Waals surface area contributed by atoms with Gasteiger partial charge in [-0.05, 0) is 36.8 Å². The third-order valence-corrected chi connectivity index (χ3v) is 3.94. The van der Waals surface area contributed by atoms with Gasteiger partial charge in [0, 0.05) is 9.92 Å². The molecule has 0 spiro atoms. The van der Waals surface area contributed by atoms with Crippen molar-refractivity contribution in [1.29, 1.82) is 0 Å². The van der Waals surface area contributed by atoms with Gasteiger partial charge in [-0.3, -0.25) is 4.79 Å². The van der Waals surface area contributed by atoms with Gasteiger partial charge in [0.1, 0.15) is 6.04 Å². The summed E-state index contributed by atoms with van der Waals surface area (Å²) in [5, 5.41) is 12.1. The topological polar surface area (TPSA) is 66.4 Å². The average Bonchev–Trinajstić information content (AvgIpc) is 2.45. The molecule has 21 heavy (non-hydrogen) atoms. The number of allylic oxidation sites excluding steroid dienone is 1. The summed E-state index contributed by atoms with van der Waals surface area (Å²) in [5.41, 5.74) is 0.402. The summed E-state index contributed by atoms with van der Waals surface area (Å²) < 4.78 is 0. The summed E-state index contributed by atoms with van der Waals surface area (Å²) in [6.45, 7) is 5.53. The van der Waals surface area contributed by atoms with Crippen molar-refractivity contribution >= 4 is 35.2 Å². The van der Waals surface area contributed by atoms with Gasteiger partial charge in [-0.1, -0.05) is 24.6 Å². The summed E-state index contributed by atoms with van der Waals surface area (Å²) in [4.78, 5) is 24.3. The van der Waals surface area contributed by atoms with Crippen LogP contribution in [-0.2, 0) is 4.79 Å². The highest BCUT2D eigenvalue weighted by atomic mass is 35.5. The largest absolute Gasteiger partial charge is 0.480 e. The molecule has 0 saturated heterocycles. The molecule has 0 fully saturated rings. The van der Waals surface area contributed by atoms with E-state index >= 15 is 0 Å². The zero-order chi connectivity index (χ0) is 15.8. The molecule has 1 aromatic rings. The molecule has 0 radical (unpaired) electrons. The van der Waals surface area contributed by atoms with Crippen LogP contribution in [0.4, 0.5) is 0 Å². The van der Waals surface area contributed by atoms with Gasteiger partial charge in [0.2, 0.25) is 0 Å². The molecule has 0 bridgehead atoms. The third-order valence-electron chi connectivity index (χ3n) is 2.75. The van der Waals surface area contributed by atoms with Crippen LogP contribution in [0.15, 0.2) is 35.7 Å². The van der Waals surface area contributed by atoms with Crippen molar-refractivity contribution in [2.24, 2.45) is 0 Å². The minimum Gasteiger partial charge on any atom is -0.480 e. The van der Waals surface area contributed by atoms with Crippen molar-refractivity contribution in [3.63, 3.8) is 0 Å². The van der Waals surface area contributed by atoms with Gasteiger partial charge in [-0.25, -0.2) is 4.79 Å². The van der Waals surface area contributed by atoms with E-state index < -0.39 is 17.9 Å². The van der Waals surface area contributed by atoms with E-state index in [4.69, 9.17) is 16.7 Å². The monoisotopic (exact) mass is 327 g/mol. The highest BCUT2D eigenvalue weighted by Crippen LogP contribution is 2.25. The van der Waals surface area contributed by atoms with Crippen molar-refractivity contribution < 1.29 is 14.7 Å². The van der Waals surface area contributed by atoms with Crippen molar-refractivity contribution in [2.45, 2.75) is 30.7 Å². The lowest BCUT2D eigenvalue weighted by atomic mass is 10.1. The van der Waals surface area contributed by atoms with Crippen molar-refractivity contribution in [3.05, 3.63) is 41.4 Å². The third kappa shape index (κ3) is 5.44. The highest BCUT2D eigenvalue weighted by Gasteiger charge is 2.21. The smallest absolute Gasteiger partial charge is 0.326 e. The molecule has 1 rings (SSSR count). The van der Waals surface area contributed by atoms with Crippen LogP contribution in [0, 0.1) is 0 Å². The number of carboxylic acids is 1. The second kappa shape index (κ2) is 8.74. The molecular weight excluding hydrogens is 310 g/mol. The van der Waals surface area contributed by atoms with Crippen LogP contribution in [0.5, 0.6) is 0 Å². The molecule has 1 atom stereocenters. The quantitative estimate of drug-likeness (QED) is 0.565. The lowest BCUT2D eigenvalue weighted by Crippen LogP contribution is -2.40. The Hall–Kier alpha value is -1.46. The van der Waals surface area contributed by atoms with Crippen LogP contribution in [0.3, 0.4) is 0 Å². The Morgan fingerprint density at radius 1 is 1.52 bits per heavy atom. The molecule has 0 aliphatic heterocycles. The fraction of sp³-hybridized carbons (Fsp3) is 0.333. The van der Waals surface area contributed by atoms with Crippen LogP contribution in [0.2, 0.25) is 5.02 Å². The van der Waals surface area contributed by atoms with Crippen molar-refractivity contribution in [2.75, 3.05) is 5.75 Å². The molecule has 114 valence electrons. The lowest BCUT2D eigenvalue weighted by Gasteiger charge is -2.15. The average molecular weight is 328 g/mol. The number of hydrogen-bond donors (Lipinski definition) is 2. The number of carbonyl (C=O) groups is 2. The molecule has 0 saturated carbocycles. The number of amides is 1. The van der Waals surface area contributed by atoms with Gasteiger partial charge in [-0.2, -0.15) is 0 Å². The predicted molar refractivity (Wildman–Crippen MR) is 86.2 cm³/mol. The van der Waals surface area contributed by atoms with Crippen molar-refractivity contribution in [1.82, 2.24) is 5.32 Å². The minimum atomic E-state index is -1.06. The fourth-order valence-corrected chi connectivity index (χ4v) is 2.69. The first kappa shape index (κ1) is 17.6. The second-order valence-corrected chi connectivity index (χ2v) is 6.05. The Labute approximate surface area is 133 Å². The van der Waals surface area contributed by atoms with E-state index in [1.807, 2.05) is 6.92 Å². The van der Waals surface area contributed by atoms with Gasteiger partial charge in [-0.15, -0.1) is 18.3 Å². The van der Waals surface area contributed by atoms with E-state index in [0.29, 0.717) is 23.4 Å². The number of aliphatic carboxylic acids is 1. The maximum atomic E-state index is 12.3. The minimum absolute atomic E-state index is 0.307. The number of halogens is 1. The first-order valence-electron chi connectivity index (χ1n) is 6.56. The number of benzene rings is 1. The number of thioether (sulfide) groups is 1. The number of carbonyl (C=O) groups excluding carboxylic acids is 1. The summed E-state index contributed by atoms with van der Waals surface area (Å²) in [7, 11) is 0. The molecule has 4 nitrogen and oxygen atoms in total. The number of hydrogen-bond acceptors (Lipinski definition) is 3. The Bertz CT molecular complexity index is 534. The van der Waals surface area contributed by atoms with Crippen LogP contribution >= 0.6 is 23.4 Å². The van der Waals surface area contributed by atoms with Gasteiger partial charge in [0.05, 0.1) is 5.56 Å². The SMILES string of the molecule is C=CCCC(NC(=O)c1cc(Cl)ccc1SCC)C(=O)O. The molecule has 1 amide bonds. The van der Waals surface area contributed by atoms with E-state index in [2.05, 4.69) is 11.9 Å². The molecule has 1 unspecified atom stereocenters. The molecule has 1 aromatic carbocycles. The number of carboxylic acid groups (broad SMARTS) is 1. The first-order chi connectivity index (χ1) is 9.99. The molecule has 0 aliphatic rings. The number of nitrogens with one attached hydrogen (secondary N) is 1. The first-order valence-corrected chi connectivity index (χ1v) is 7.92. The molecule has 6 heteroatoms. The zero-order valence-electron chi connectivity index (χ0n) is 11.8. The molecule has 0 aliphatic carbocycles. The predicted octanol–water partition coefficient (Wildman–Crippen LogP) is 3.60. The Morgan fingerprint density at radius 3 is 2.81 bits per heavy atom. The highest BCUT2D eigenvalue weighted by molar-refractivity contribution is 7.99. The fourth-order valence-electron chi connectivity index (χ4n) is 1.74. The summed E-state index contributed by atoms with van der Waals surface area (Å²) in [6.07, 6.45) is 2.45. The normalized spacial score (nSPS) is 11.7. The number of rotatable bonds is 8. The zero-order valence-corrected chi connectivity index (χ0v) is 13.3. The molecule has 2 N–H and O–H groups in total. The van der Waals surface area contributed by atoms with Crippen LogP contribution in [0.25, 0.3) is 0 Å². The van der Waals surface area contributed by atoms with Crippen molar-refractivity contribution in [3.8, 4) is 0 Å². The van der Waals surface area contributed by atoms with Gasteiger partial charge >= 0.3 is 5.97 Å². The molecule has 0 aromatic heterocycles.